The summed E-state index contributed by atoms with van der Waals surface area (Å²) >= 11 is 9.64. The molecule has 4 rings (SSSR count). The monoisotopic (exact) mass is 709 g/mol. The molecule has 0 aliphatic heterocycles. The maximum absolute atomic E-state index is 14.5. The summed E-state index contributed by atoms with van der Waals surface area (Å²) < 4.78 is 30.1. The second kappa shape index (κ2) is 15.6. The fourth-order valence-electron chi connectivity index (χ4n) is 4.78. The Morgan fingerprint density at radius 3 is 2.13 bits per heavy atom. The van der Waals surface area contributed by atoms with Gasteiger partial charge in [0.15, 0.2) is 0 Å². The first-order valence-corrected chi connectivity index (χ1v) is 17.3. The van der Waals surface area contributed by atoms with Crippen molar-refractivity contribution in [3.63, 3.8) is 0 Å². The first kappa shape index (κ1) is 34.2. The number of halogens is 2. The molecular weight excluding hydrogens is 674 g/mol. The number of rotatable bonds is 13. The Labute approximate surface area is 279 Å². The van der Waals surface area contributed by atoms with Gasteiger partial charge in [0.1, 0.15) is 12.6 Å². The smallest absolute Gasteiger partial charge is 0.264 e. The highest BCUT2D eigenvalue weighted by Crippen LogP contribution is 2.27. The van der Waals surface area contributed by atoms with E-state index in [1.165, 1.54) is 17.0 Å². The van der Waals surface area contributed by atoms with E-state index in [0.717, 1.165) is 25.5 Å². The molecule has 0 aliphatic rings. The molecule has 4 aromatic rings. The van der Waals surface area contributed by atoms with E-state index in [-0.39, 0.29) is 35.4 Å². The number of sulfonamides is 1. The molecule has 0 bridgehead atoms. The second-order valence-corrected chi connectivity index (χ2v) is 14.5. The summed E-state index contributed by atoms with van der Waals surface area (Å²) in [6, 6.07) is 28.8. The van der Waals surface area contributed by atoms with E-state index in [0.29, 0.717) is 11.6 Å². The molecule has 0 saturated heterocycles. The van der Waals surface area contributed by atoms with Crippen LogP contribution >= 0.6 is 27.5 Å². The van der Waals surface area contributed by atoms with Gasteiger partial charge in [-0.2, -0.15) is 0 Å². The largest absolute Gasteiger partial charge is 0.354 e. The Morgan fingerprint density at radius 1 is 0.867 bits per heavy atom. The Bertz CT molecular complexity index is 1700. The number of nitrogens with zero attached hydrogens (tertiary/aromatic N) is 2. The number of hydrogen-bond donors (Lipinski definition) is 1. The molecule has 1 atom stereocenters. The number of carbonyl (C=O) groups excluding carboxylic acids is 2. The molecule has 10 heteroatoms. The molecule has 2 amide bonds. The van der Waals surface area contributed by atoms with Crippen molar-refractivity contribution >= 4 is 55.1 Å². The summed E-state index contributed by atoms with van der Waals surface area (Å²) in [6.07, 6.45) is 0.246. The first-order chi connectivity index (χ1) is 21.4. The molecule has 4 aromatic carbocycles. The van der Waals surface area contributed by atoms with Crippen molar-refractivity contribution in [1.82, 2.24) is 10.2 Å². The normalized spacial score (nSPS) is 12.0. The predicted molar refractivity (Wildman–Crippen MR) is 184 cm³/mol. The summed E-state index contributed by atoms with van der Waals surface area (Å²) in [6.45, 7) is 5.85. The van der Waals surface area contributed by atoms with Crippen LogP contribution in [0.25, 0.3) is 0 Å². The van der Waals surface area contributed by atoms with Crippen LogP contribution in [-0.4, -0.2) is 44.3 Å². The maximum Gasteiger partial charge on any atom is 0.264 e. The van der Waals surface area contributed by atoms with Gasteiger partial charge in [-0.1, -0.05) is 102 Å². The van der Waals surface area contributed by atoms with Gasteiger partial charge in [-0.25, -0.2) is 8.42 Å². The molecule has 0 saturated carbocycles. The van der Waals surface area contributed by atoms with E-state index in [9.17, 15) is 18.0 Å². The fourth-order valence-corrected chi connectivity index (χ4v) is 6.77. The SMILES string of the molecule is Cc1ccc(S(=O)(=O)N(CC(=O)N(Cc2cccc(Br)c2)[C@H](Cc2ccccc2)C(=O)NCC(C)C)c2ccc(Cl)cc2)cc1. The van der Waals surface area contributed by atoms with Crippen molar-refractivity contribution in [2.24, 2.45) is 5.92 Å². The minimum absolute atomic E-state index is 0.0462. The molecule has 0 radical (unpaired) electrons. The average Bonchev–Trinajstić information content (AvgIpc) is 3.01. The molecule has 0 spiro atoms. The van der Waals surface area contributed by atoms with E-state index >= 15 is 0 Å². The van der Waals surface area contributed by atoms with E-state index in [2.05, 4.69) is 21.2 Å². The lowest BCUT2D eigenvalue weighted by atomic mass is 10.0. The minimum Gasteiger partial charge on any atom is -0.354 e. The molecule has 236 valence electrons. The summed E-state index contributed by atoms with van der Waals surface area (Å²) in [5.41, 5.74) is 2.84. The summed E-state index contributed by atoms with van der Waals surface area (Å²) in [5.74, 6) is -0.642. The zero-order valence-electron chi connectivity index (χ0n) is 25.5. The van der Waals surface area contributed by atoms with Crippen molar-refractivity contribution in [3.05, 3.63) is 129 Å². The van der Waals surface area contributed by atoms with Crippen LogP contribution in [0.4, 0.5) is 5.69 Å². The Hall–Kier alpha value is -3.66. The van der Waals surface area contributed by atoms with Crippen molar-refractivity contribution in [2.45, 2.75) is 44.7 Å². The van der Waals surface area contributed by atoms with Gasteiger partial charge in [0, 0.05) is 29.0 Å². The van der Waals surface area contributed by atoms with Gasteiger partial charge < -0.3 is 10.2 Å². The summed E-state index contributed by atoms with van der Waals surface area (Å²) in [4.78, 5) is 29.9. The molecule has 0 heterocycles. The molecule has 0 fully saturated rings. The third-order valence-corrected chi connectivity index (χ3v) is 9.73. The summed E-state index contributed by atoms with van der Waals surface area (Å²) in [7, 11) is -4.18. The average molecular weight is 711 g/mol. The van der Waals surface area contributed by atoms with Crippen LogP contribution in [0.3, 0.4) is 0 Å². The van der Waals surface area contributed by atoms with Crippen molar-refractivity contribution < 1.29 is 18.0 Å². The molecule has 45 heavy (non-hydrogen) atoms. The quantitative estimate of drug-likeness (QED) is 0.162. The Balaban J connectivity index is 1.79. The number of nitrogens with one attached hydrogen (secondary N) is 1. The zero-order chi connectivity index (χ0) is 32.6. The van der Waals surface area contributed by atoms with E-state index in [1.54, 1.807) is 36.4 Å². The zero-order valence-corrected chi connectivity index (χ0v) is 28.6. The van der Waals surface area contributed by atoms with Crippen molar-refractivity contribution in [2.75, 3.05) is 17.4 Å². The third kappa shape index (κ3) is 9.42. The van der Waals surface area contributed by atoms with Crippen LogP contribution in [0.5, 0.6) is 0 Å². The number of hydrogen-bond acceptors (Lipinski definition) is 4. The predicted octanol–water partition coefficient (Wildman–Crippen LogP) is 7.02. The topological polar surface area (TPSA) is 86.8 Å². The Morgan fingerprint density at radius 2 is 1.51 bits per heavy atom. The standard InChI is InChI=1S/C35H37BrClN3O4S/c1-25(2)22-38-35(42)33(21-27-8-5-4-6-9-27)39(23-28-10-7-11-29(36)20-28)34(41)24-40(31-16-14-30(37)15-17-31)45(43,44)32-18-12-26(3)13-19-32/h4-20,25,33H,21-24H2,1-3H3,(H,38,42)/t33-/m1/s1. The molecule has 7 nitrogen and oxygen atoms in total. The van der Waals surface area contributed by atoms with Gasteiger partial charge in [-0.3, -0.25) is 13.9 Å². The van der Waals surface area contributed by atoms with Gasteiger partial charge in [0.05, 0.1) is 10.6 Å². The lowest BCUT2D eigenvalue weighted by Gasteiger charge is -2.34. The van der Waals surface area contributed by atoms with Crippen molar-refractivity contribution in [3.8, 4) is 0 Å². The second-order valence-electron chi connectivity index (χ2n) is 11.3. The van der Waals surface area contributed by atoms with Gasteiger partial charge >= 0.3 is 0 Å². The molecule has 0 aromatic heterocycles. The molecule has 0 unspecified atom stereocenters. The molecule has 1 N–H and O–H groups in total. The highest BCUT2D eigenvalue weighted by molar-refractivity contribution is 9.10. The number of anilines is 1. The van der Waals surface area contributed by atoms with E-state index < -0.39 is 28.5 Å². The highest BCUT2D eigenvalue weighted by atomic mass is 79.9. The number of aryl methyl sites for hydroxylation is 1. The lowest BCUT2D eigenvalue weighted by Crippen LogP contribution is -2.53. The van der Waals surface area contributed by atoms with E-state index in [4.69, 9.17) is 11.6 Å². The van der Waals surface area contributed by atoms with Crippen LogP contribution < -0.4 is 9.62 Å². The van der Waals surface area contributed by atoms with Crippen LogP contribution in [-0.2, 0) is 32.6 Å². The first-order valence-electron chi connectivity index (χ1n) is 14.6. The van der Waals surface area contributed by atoms with Crippen molar-refractivity contribution in [1.29, 1.82) is 0 Å². The van der Waals surface area contributed by atoms with Crippen LogP contribution in [0.2, 0.25) is 5.02 Å². The highest BCUT2D eigenvalue weighted by Gasteiger charge is 2.34. The van der Waals surface area contributed by atoms with E-state index in [1.807, 2.05) is 75.4 Å². The van der Waals surface area contributed by atoms with Crippen LogP contribution in [0, 0.1) is 12.8 Å². The molecule has 0 aliphatic carbocycles. The number of carbonyl (C=O) groups is 2. The third-order valence-electron chi connectivity index (χ3n) is 7.20. The van der Waals surface area contributed by atoms with Gasteiger partial charge in [0.25, 0.3) is 10.0 Å². The number of amides is 2. The minimum atomic E-state index is -4.18. The van der Waals surface area contributed by atoms with Gasteiger partial charge in [-0.05, 0) is 72.5 Å². The Kier molecular flexibility index (Phi) is 11.8. The molecular formula is C35H37BrClN3O4S. The van der Waals surface area contributed by atoms with Gasteiger partial charge in [-0.15, -0.1) is 0 Å². The summed E-state index contributed by atoms with van der Waals surface area (Å²) in [5, 5.41) is 3.43. The number of benzene rings is 4. The van der Waals surface area contributed by atoms with Crippen LogP contribution in [0.1, 0.15) is 30.5 Å². The van der Waals surface area contributed by atoms with Crippen LogP contribution in [0.15, 0.2) is 112 Å². The van der Waals surface area contributed by atoms with Gasteiger partial charge in [0.2, 0.25) is 11.8 Å². The maximum atomic E-state index is 14.5. The fraction of sp³-hybridized carbons (Fsp3) is 0.257. The lowest BCUT2D eigenvalue weighted by molar-refractivity contribution is -0.140.